The molecule has 0 aliphatic heterocycles. The molecule has 0 spiro atoms. The lowest BCUT2D eigenvalue weighted by Crippen LogP contribution is -2.10. The minimum atomic E-state index is -4.37. The van der Waals surface area contributed by atoms with Crippen molar-refractivity contribution in [3.8, 4) is 11.3 Å². The average molecular weight is 349 g/mol. The van der Waals surface area contributed by atoms with Crippen molar-refractivity contribution in [2.45, 2.75) is 19.5 Å². The van der Waals surface area contributed by atoms with Crippen LogP contribution in [0.3, 0.4) is 0 Å². The van der Waals surface area contributed by atoms with Crippen LogP contribution in [0, 0.1) is 6.92 Å². The number of alkyl halides is 3. The zero-order chi connectivity index (χ0) is 17.9. The van der Waals surface area contributed by atoms with E-state index in [1.54, 1.807) is 0 Å². The number of nitrogens with zero attached hydrogens (tertiary/aromatic N) is 5. The van der Waals surface area contributed by atoms with Crippen molar-refractivity contribution in [2.75, 3.05) is 11.9 Å². The molecule has 0 bridgehead atoms. The fourth-order valence-electron chi connectivity index (χ4n) is 2.13. The van der Waals surface area contributed by atoms with E-state index in [1.165, 1.54) is 18.3 Å². The van der Waals surface area contributed by atoms with E-state index in [2.05, 4.69) is 35.7 Å². The van der Waals surface area contributed by atoms with Gasteiger partial charge in [0.25, 0.3) is 0 Å². The predicted octanol–water partition coefficient (Wildman–Crippen LogP) is 2.64. The molecule has 2 N–H and O–H groups in total. The third kappa shape index (κ3) is 4.28. The van der Waals surface area contributed by atoms with Gasteiger partial charge in [-0.3, -0.25) is 5.10 Å². The number of hydrogen-bond donors (Lipinski definition) is 2. The minimum Gasteiger partial charge on any atom is -0.352 e. The SMILES string of the molecule is Cc1nc(CCNc2nncc(-c3ccc(C(F)(F)F)cc3)n2)n[nH]1. The fraction of sp³-hybridized carbons (Fsp3) is 0.267. The Morgan fingerprint density at radius 1 is 1.12 bits per heavy atom. The molecule has 2 heterocycles. The van der Waals surface area contributed by atoms with Crippen molar-refractivity contribution < 1.29 is 13.2 Å². The highest BCUT2D eigenvalue weighted by Crippen LogP contribution is 2.30. The first kappa shape index (κ1) is 16.8. The first-order valence-corrected chi connectivity index (χ1v) is 7.41. The van der Waals surface area contributed by atoms with Crippen LogP contribution in [0.5, 0.6) is 0 Å². The summed E-state index contributed by atoms with van der Waals surface area (Å²) in [6.45, 7) is 2.31. The Morgan fingerprint density at radius 2 is 1.88 bits per heavy atom. The van der Waals surface area contributed by atoms with Gasteiger partial charge in [0.15, 0.2) is 5.82 Å². The molecule has 0 aliphatic carbocycles. The number of aromatic nitrogens is 6. The maximum absolute atomic E-state index is 12.6. The summed E-state index contributed by atoms with van der Waals surface area (Å²) in [6.07, 6.45) is -2.40. The molecule has 0 fully saturated rings. The number of aryl methyl sites for hydroxylation is 1. The molecular formula is C15H14F3N7. The number of halogens is 3. The second-order valence-corrected chi connectivity index (χ2v) is 5.25. The number of benzene rings is 1. The smallest absolute Gasteiger partial charge is 0.352 e. The van der Waals surface area contributed by atoms with Crippen LogP contribution in [0.1, 0.15) is 17.2 Å². The number of anilines is 1. The standard InChI is InChI=1S/C15H14F3N7/c1-9-21-13(24-23-9)6-7-19-14-22-12(8-20-25-14)10-2-4-11(5-3-10)15(16,17)18/h2-5,8H,6-7H2,1H3,(H,19,22,25)(H,21,23,24). The molecule has 0 aliphatic rings. The normalized spacial score (nSPS) is 11.5. The molecule has 3 aromatic rings. The van der Waals surface area contributed by atoms with E-state index in [9.17, 15) is 13.2 Å². The quantitative estimate of drug-likeness (QED) is 0.736. The average Bonchev–Trinajstić information content (AvgIpc) is 3.00. The molecule has 130 valence electrons. The second-order valence-electron chi connectivity index (χ2n) is 5.25. The largest absolute Gasteiger partial charge is 0.416 e. The van der Waals surface area contributed by atoms with E-state index >= 15 is 0 Å². The molecule has 0 saturated heterocycles. The molecule has 2 aromatic heterocycles. The third-order valence-electron chi connectivity index (χ3n) is 3.34. The zero-order valence-corrected chi connectivity index (χ0v) is 13.2. The van der Waals surface area contributed by atoms with Crippen molar-refractivity contribution >= 4 is 5.95 Å². The number of nitrogens with one attached hydrogen (secondary N) is 2. The molecule has 1 aromatic carbocycles. The molecule has 0 amide bonds. The number of hydrogen-bond acceptors (Lipinski definition) is 6. The Bertz CT molecular complexity index is 843. The van der Waals surface area contributed by atoms with Gasteiger partial charge in [0, 0.05) is 18.5 Å². The van der Waals surface area contributed by atoms with Crippen LogP contribution in [0.25, 0.3) is 11.3 Å². The second kappa shape index (κ2) is 6.83. The van der Waals surface area contributed by atoms with Crippen molar-refractivity contribution in [2.24, 2.45) is 0 Å². The summed E-state index contributed by atoms with van der Waals surface area (Å²) >= 11 is 0. The van der Waals surface area contributed by atoms with Gasteiger partial charge < -0.3 is 5.32 Å². The van der Waals surface area contributed by atoms with E-state index < -0.39 is 11.7 Å². The van der Waals surface area contributed by atoms with Crippen LogP contribution in [0.4, 0.5) is 19.1 Å². The van der Waals surface area contributed by atoms with Crippen LogP contribution in [-0.2, 0) is 12.6 Å². The highest BCUT2D eigenvalue weighted by atomic mass is 19.4. The monoisotopic (exact) mass is 349 g/mol. The highest BCUT2D eigenvalue weighted by molar-refractivity contribution is 5.59. The maximum atomic E-state index is 12.6. The third-order valence-corrected chi connectivity index (χ3v) is 3.34. The minimum absolute atomic E-state index is 0.282. The number of aromatic amines is 1. The molecule has 10 heteroatoms. The molecule has 3 rings (SSSR count). The zero-order valence-electron chi connectivity index (χ0n) is 13.2. The molecule has 7 nitrogen and oxygen atoms in total. The van der Waals surface area contributed by atoms with E-state index in [0.717, 1.165) is 18.0 Å². The van der Waals surface area contributed by atoms with Gasteiger partial charge in [0.2, 0.25) is 5.95 Å². The van der Waals surface area contributed by atoms with E-state index in [-0.39, 0.29) is 5.95 Å². The van der Waals surface area contributed by atoms with Crippen LogP contribution in [0.15, 0.2) is 30.5 Å². The van der Waals surface area contributed by atoms with Crippen LogP contribution < -0.4 is 5.32 Å². The molecule has 0 atom stereocenters. The summed E-state index contributed by atoms with van der Waals surface area (Å²) in [5.74, 6) is 1.68. The van der Waals surface area contributed by atoms with Gasteiger partial charge in [0.05, 0.1) is 17.5 Å². The Kier molecular flexibility index (Phi) is 4.59. The summed E-state index contributed by atoms with van der Waals surface area (Å²) < 4.78 is 37.8. The van der Waals surface area contributed by atoms with Crippen molar-refractivity contribution in [3.05, 3.63) is 47.7 Å². The Balaban J connectivity index is 1.66. The summed E-state index contributed by atoms with van der Waals surface area (Å²) in [4.78, 5) is 8.44. The highest BCUT2D eigenvalue weighted by Gasteiger charge is 2.30. The van der Waals surface area contributed by atoms with Crippen molar-refractivity contribution in [1.29, 1.82) is 0 Å². The Labute approximate surface area is 140 Å². The van der Waals surface area contributed by atoms with Gasteiger partial charge in [-0.15, -0.1) is 5.10 Å². The number of H-pyrrole nitrogens is 1. The van der Waals surface area contributed by atoms with E-state index in [1.807, 2.05) is 6.92 Å². The van der Waals surface area contributed by atoms with Crippen LogP contribution in [-0.4, -0.2) is 36.9 Å². The molecule has 0 unspecified atom stereocenters. The topological polar surface area (TPSA) is 92.3 Å². The Hall–Kier alpha value is -3.04. The van der Waals surface area contributed by atoms with Crippen molar-refractivity contribution in [1.82, 2.24) is 30.4 Å². The van der Waals surface area contributed by atoms with E-state index in [0.29, 0.717) is 30.0 Å². The summed E-state index contributed by atoms with van der Waals surface area (Å²) in [7, 11) is 0. The lowest BCUT2D eigenvalue weighted by Gasteiger charge is -2.08. The van der Waals surface area contributed by atoms with Gasteiger partial charge in [-0.1, -0.05) is 12.1 Å². The number of rotatable bonds is 5. The van der Waals surface area contributed by atoms with Gasteiger partial charge in [-0.05, 0) is 19.1 Å². The van der Waals surface area contributed by atoms with Gasteiger partial charge in [-0.25, -0.2) is 9.97 Å². The van der Waals surface area contributed by atoms with Gasteiger partial charge in [-0.2, -0.15) is 23.4 Å². The summed E-state index contributed by atoms with van der Waals surface area (Å²) in [5.41, 5.74) is 0.244. The summed E-state index contributed by atoms with van der Waals surface area (Å²) in [6, 6.07) is 4.73. The first-order chi connectivity index (χ1) is 11.9. The van der Waals surface area contributed by atoms with Crippen LogP contribution in [0.2, 0.25) is 0 Å². The molecular weight excluding hydrogens is 335 g/mol. The molecule has 25 heavy (non-hydrogen) atoms. The maximum Gasteiger partial charge on any atom is 0.416 e. The lowest BCUT2D eigenvalue weighted by molar-refractivity contribution is -0.137. The summed E-state index contributed by atoms with van der Waals surface area (Å²) in [5, 5.41) is 17.4. The molecule has 0 radical (unpaired) electrons. The van der Waals surface area contributed by atoms with Gasteiger partial charge >= 0.3 is 6.18 Å². The van der Waals surface area contributed by atoms with Crippen LogP contribution >= 0.6 is 0 Å². The predicted molar refractivity (Wildman–Crippen MR) is 83.6 cm³/mol. The van der Waals surface area contributed by atoms with Gasteiger partial charge in [0.1, 0.15) is 5.82 Å². The lowest BCUT2D eigenvalue weighted by atomic mass is 10.1. The Morgan fingerprint density at radius 3 is 2.52 bits per heavy atom. The molecule has 0 saturated carbocycles. The fourth-order valence-corrected chi connectivity index (χ4v) is 2.13. The van der Waals surface area contributed by atoms with E-state index in [4.69, 9.17) is 0 Å². The first-order valence-electron chi connectivity index (χ1n) is 7.41. The van der Waals surface area contributed by atoms with Crippen molar-refractivity contribution in [3.63, 3.8) is 0 Å².